The number of ether oxygens (including phenoxy) is 3. The van der Waals surface area contributed by atoms with Gasteiger partial charge < -0.3 is 45.1 Å². The lowest BCUT2D eigenvalue weighted by molar-refractivity contribution is -0.302. The Morgan fingerprint density at radius 3 is 1.67 bits per heavy atom. The molecule has 7 unspecified atom stereocenters. The zero-order valence-corrected chi connectivity index (χ0v) is 38.4. The van der Waals surface area contributed by atoms with Gasteiger partial charge in [-0.05, 0) is 96.3 Å². The molecular weight excluding hydrogens is 775 g/mol. The first-order chi connectivity index (χ1) is 29.7. The maximum absolute atomic E-state index is 12.9. The molecule has 0 bridgehead atoms. The van der Waals surface area contributed by atoms with E-state index in [1.165, 1.54) is 70.6 Å². The number of allylic oxidation sites excluding steroid dienone is 7. The van der Waals surface area contributed by atoms with E-state index in [4.69, 9.17) is 14.2 Å². The third-order valence-corrected chi connectivity index (χ3v) is 11.1. The van der Waals surface area contributed by atoms with Crippen LogP contribution in [-0.4, -0.2) is 100 Å². The van der Waals surface area contributed by atoms with Crippen molar-refractivity contribution in [2.45, 2.75) is 236 Å². The summed E-state index contributed by atoms with van der Waals surface area (Å²) in [5.41, 5.74) is 0. The predicted molar refractivity (Wildman–Crippen MR) is 246 cm³/mol. The minimum Gasteiger partial charge on any atom is -0.466 e. The molecule has 6 N–H and O–H groups in total. The van der Waals surface area contributed by atoms with E-state index in [2.05, 4.69) is 55.6 Å². The van der Waals surface area contributed by atoms with Gasteiger partial charge in [0.05, 0.1) is 32.0 Å². The first-order valence-corrected chi connectivity index (χ1v) is 24.4. The summed E-state index contributed by atoms with van der Waals surface area (Å²) in [4.78, 5) is 24.9. The molecule has 0 aromatic carbocycles. The van der Waals surface area contributed by atoms with Crippen LogP contribution in [0.5, 0.6) is 0 Å². The highest BCUT2D eigenvalue weighted by Crippen LogP contribution is 2.22. The molecule has 1 saturated heterocycles. The summed E-state index contributed by atoms with van der Waals surface area (Å²) >= 11 is 0. The van der Waals surface area contributed by atoms with Gasteiger partial charge in [0, 0.05) is 12.8 Å². The number of carbonyl (C=O) groups excluding carboxylic acids is 2. The minimum absolute atomic E-state index is 0.0605. The molecular formula is C50H89NO10. The average Bonchev–Trinajstić information content (AvgIpc) is 3.25. The van der Waals surface area contributed by atoms with Gasteiger partial charge in [0.15, 0.2) is 6.29 Å². The molecule has 11 nitrogen and oxygen atoms in total. The molecule has 0 spiro atoms. The van der Waals surface area contributed by atoms with Crippen molar-refractivity contribution < 1.29 is 49.3 Å². The number of esters is 1. The first kappa shape index (κ1) is 56.6. The summed E-state index contributed by atoms with van der Waals surface area (Å²) in [5.74, 6) is -0.283. The highest BCUT2D eigenvalue weighted by atomic mass is 16.7. The Morgan fingerprint density at radius 2 is 1.08 bits per heavy atom. The van der Waals surface area contributed by atoms with Crippen LogP contribution in [0.4, 0.5) is 0 Å². The zero-order chi connectivity index (χ0) is 44.6. The zero-order valence-electron chi connectivity index (χ0n) is 38.4. The Bertz CT molecular complexity index is 1160. The quantitative estimate of drug-likeness (QED) is 0.0198. The second-order valence-corrected chi connectivity index (χ2v) is 16.8. The number of nitrogens with one attached hydrogen (secondary N) is 1. The van der Waals surface area contributed by atoms with Crippen molar-refractivity contribution >= 4 is 11.9 Å². The SMILES string of the molecule is CCCC/C=C\CCCCCCCC(=O)OCCCCC/C=C\CCCCCCCC(=O)NC(COC1OC(CO)C(O)C(O)C1O)C(O)/C=C/CC/C=C/CCCCCC. The van der Waals surface area contributed by atoms with E-state index < -0.39 is 49.5 Å². The third-order valence-electron chi connectivity index (χ3n) is 11.1. The number of aliphatic hydroxyl groups excluding tert-OH is 5. The van der Waals surface area contributed by atoms with Crippen LogP contribution >= 0.6 is 0 Å². The lowest BCUT2D eigenvalue weighted by Crippen LogP contribution is -2.60. The van der Waals surface area contributed by atoms with Gasteiger partial charge in [0.2, 0.25) is 5.91 Å². The van der Waals surface area contributed by atoms with Crippen molar-refractivity contribution in [3.05, 3.63) is 48.6 Å². The summed E-state index contributed by atoms with van der Waals surface area (Å²) in [6.07, 6.45) is 37.6. The van der Waals surface area contributed by atoms with Gasteiger partial charge in [-0.2, -0.15) is 0 Å². The second kappa shape index (κ2) is 40.4. The second-order valence-electron chi connectivity index (χ2n) is 16.8. The van der Waals surface area contributed by atoms with Crippen molar-refractivity contribution in [2.75, 3.05) is 19.8 Å². The van der Waals surface area contributed by atoms with Gasteiger partial charge in [-0.25, -0.2) is 0 Å². The Balaban J connectivity index is 2.23. The number of amides is 1. The van der Waals surface area contributed by atoms with Crippen LogP contribution in [-0.2, 0) is 23.8 Å². The maximum Gasteiger partial charge on any atom is 0.305 e. The van der Waals surface area contributed by atoms with Crippen LogP contribution in [0.2, 0.25) is 0 Å². The van der Waals surface area contributed by atoms with Crippen LogP contribution < -0.4 is 5.32 Å². The molecule has 0 aliphatic carbocycles. The van der Waals surface area contributed by atoms with Gasteiger partial charge in [-0.3, -0.25) is 9.59 Å². The molecule has 7 atom stereocenters. The fourth-order valence-corrected chi connectivity index (χ4v) is 7.13. The van der Waals surface area contributed by atoms with Crippen molar-refractivity contribution in [2.24, 2.45) is 0 Å². The minimum atomic E-state index is -1.59. The van der Waals surface area contributed by atoms with E-state index in [9.17, 15) is 35.1 Å². The summed E-state index contributed by atoms with van der Waals surface area (Å²) < 4.78 is 16.6. The number of unbranched alkanes of at least 4 members (excludes halogenated alkanes) is 20. The van der Waals surface area contributed by atoms with Gasteiger partial charge in [-0.1, -0.05) is 133 Å². The maximum atomic E-state index is 12.9. The van der Waals surface area contributed by atoms with Gasteiger partial charge in [0.1, 0.15) is 24.4 Å². The Morgan fingerprint density at radius 1 is 0.590 bits per heavy atom. The number of hydrogen-bond donors (Lipinski definition) is 6. The highest BCUT2D eigenvalue weighted by molar-refractivity contribution is 5.76. The molecule has 0 saturated carbocycles. The molecule has 1 aliphatic rings. The van der Waals surface area contributed by atoms with E-state index in [-0.39, 0.29) is 18.5 Å². The van der Waals surface area contributed by atoms with E-state index in [0.29, 0.717) is 25.9 Å². The van der Waals surface area contributed by atoms with Crippen molar-refractivity contribution in [3.8, 4) is 0 Å². The molecule has 11 heteroatoms. The molecule has 1 aliphatic heterocycles. The van der Waals surface area contributed by atoms with E-state index in [1.807, 2.05) is 6.08 Å². The van der Waals surface area contributed by atoms with Crippen LogP contribution in [0.25, 0.3) is 0 Å². The highest BCUT2D eigenvalue weighted by Gasteiger charge is 2.44. The average molecular weight is 864 g/mol. The fraction of sp³-hybridized carbons (Fsp3) is 0.800. The van der Waals surface area contributed by atoms with Crippen LogP contribution in [0.1, 0.15) is 194 Å². The van der Waals surface area contributed by atoms with Crippen LogP contribution in [0, 0.1) is 0 Å². The molecule has 61 heavy (non-hydrogen) atoms. The van der Waals surface area contributed by atoms with Crippen molar-refractivity contribution in [1.29, 1.82) is 0 Å². The Kier molecular flexibility index (Phi) is 37.5. The number of aliphatic hydroxyl groups is 5. The molecule has 354 valence electrons. The predicted octanol–water partition coefficient (Wildman–Crippen LogP) is 9.38. The van der Waals surface area contributed by atoms with Gasteiger partial charge in [-0.15, -0.1) is 0 Å². The van der Waals surface area contributed by atoms with E-state index >= 15 is 0 Å². The molecule has 1 fully saturated rings. The molecule has 1 amide bonds. The molecule has 1 rings (SSSR count). The molecule has 0 radical (unpaired) electrons. The van der Waals surface area contributed by atoms with Crippen LogP contribution in [0.3, 0.4) is 0 Å². The van der Waals surface area contributed by atoms with Gasteiger partial charge in [0.25, 0.3) is 0 Å². The van der Waals surface area contributed by atoms with E-state index in [1.54, 1.807) is 6.08 Å². The summed E-state index contributed by atoms with van der Waals surface area (Å²) in [6.45, 7) is 4.14. The normalized spacial score (nSPS) is 20.7. The third kappa shape index (κ3) is 31.2. The smallest absolute Gasteiger partial charge is 0.305 e. The fourth-order valence-electron chi connectivity index (χ4n) is 7.13. The van der Waals surface area contributed by atoms with Crippen molar-refractivity contribution in [1.82, 2.24) is 5.32 Å². The van der Waals surface area contributed by atoms with Crippen molar-refractivity contribution in [3.63, 3.8) is 0 Å². The summed E-state index contributed by atoms with van der Waals surface area (Å²) in [7, 11) is 0. The van der Waals surface area contributed by atoms with Crippen LogP contribution in [0.15, 0.2) is 48.6 Å². The molecule has 0 aromatic heterocycles. The Labute approximate surface area is 370 Å². The monoisotopic (exact) mass is 864 g/mol. The summed E-state index contributed by atoms with van der Waals surface area (Å²) in [6, 6.07) is -0.845. The lowest BCUT2D eigenvalue weighted by atomic mass is 9.99. The van der Waals surface area contributed by atoms with E-state index in [0.717, 1.165) is 89.9 Å². The number of rotatable bonds is 40. The molecule has 1 heterocycles. The molecule has 0 aromatic rings. The Hall–Kier alpha value is -2.38. The van der Waals surface area contributed by atoms with Gasteiger partial charge >= 0.3 is 5.97 Å². The number of carbonyl (C=O) groups is 2. The lowest BCUT2D eigenvalue weighted by Gasteiger charge is -2.40. The first-order valence-electron chi connectivity index (χ1n) is 24.4. The standard InChI is InChI=1S/C50H89NO10/c1-3-5-7-9-11-13-17-22-26-30-34-38-46(55)59-39-35-31-27-23-19-16-15-18-21-25-29-33-37-45(54)51-42(41-60-50-49(58)48(57)47(56)44(40-52)61-50)43(53)36-32-28-24-20-14-12-10-8-6-4-2/h9,11,14,16,19-20,32,36,42-44,47-50,52-53,56-58H,3-8,10,12-13,15,17-18,21-31,33-35,37-41H2,1-2H3,(H,51,54)/b11-9-,19-16-,20-14+,36-32+. The topological polar surface area (TPSA) is 175 Å². The summed E-state index contributed by atoms with van der Waals surface area (Å²) in [5, 5.41) is 54.0. The number of hydrogen-bond acceptors (Lipinski definition) is 10. The largest absolute Gasteiger partial charge is 0.466 e.